The first-order valence-corrected chi connectivity index (χ1v) is 11.8. The first kappa shape index (κ1) is 21.4. The van der Waals surface area contributed by atoms with Crippen molar-refractivity contribution in [3.05, 3.63) is 83.0 Å². The zero-order chi connectivity index (χ0) is 23.8. The van der Waals surface area contributed by atoms with Crippen molar-refractivity contribution in [2.45, 2.75) is 32.2 Å². The Hall–Kier alpha value is -4.13. The van der Waals surface area contributed by atoms with E-state index in [1.807, 2.05) is 42.6 Å². The van der Waals surface area contributed by atoms with E-state index in [0.717, 1.165) is 45.5 Å². The molecule has 4 aromatic rings. The quantitative estimate of drug-likeness (QED) is 0.396. The number of para-hydroxylation sites is 1. The van der Waals surface area contributed by atoms with Crippen LogP contribution in [-0.4, -0.2) is 24.5 Å². The zero-order valence-corrected chi connectivity index (χ0v) is 19.4. The van der Waals surface area contributed by atoms with Gasteiger partial charge in [0.05, 0.1) is 0 Å². The SMILES string of the molecule is CCc1cccc2c(C(CC(=O)NCc3ccc4c(c3)OCO4)c3ccc4c(c3)OCO4)c[nH]c12. The number of ether oxygens (including phenoxy) is 4. The first-order chi connectivity index (χ1) is 17.2. The molecular weight excluding hydrogens is 444 g/mol. The van der Waals surface area contributed by atoms with E-state index in [0.29, 0.717) is 24.5 Å². The van der Waals surface area contributed by atoms with Crippen molar-refractivity contribution in [1.82, 2.24) is 10.3 Å². The van der Waals surface area contributed by atoms with Gasteiger partial charge in [-0.25, -0.2) is 0 Å². The maximum absolute atomic E-state index is 13.2. The van der Waals surface area contributed by atoms with Gasteiger partial charge >= 0.3 is 0 Å². The second-order valence-corrected chi connectivity index (χ2v) is 8.77. The van der Waals surface area contributed by atoms with Crippen molar-refractivity contribution in [1.29, 1.82) is 0 Å². The lowest BCUT2D eigenvalue weighted by Crippen LogP contribution is -2.25. The molecule has 2 aliphatic heterocycles. The number of hydrogen-bond donors (Lipinski definition) is 2. The minimum Gasteiger partial charge on any atom is -0.454 e. The molecular formula is C28H26N2O5. The predicted octanol–water partition coefficient (Wildman–Crippen LogP) is 5.03. The Kier molecular flexibility index (Phi) is 5.45. The fraction of sp³-hybridized carbons (Fsp3) is 0.250. The molecule has 7 nitrogen and oxygen atoms in total. The lowest BCUT2D eigenvalue weighted by Gasteiger charge is -2.18. The Morgan fingerprint density at radius 2 is 1.69 bits per heavy atom. The summed E-state index contributed by atoms with van der Waals surface area (Å²) in [5.74, 6) is 2.69. The molecule has 0 saturated carbocycles. The third-order valence-electron chi connectivity index (χ3n) is 6.71. The van der Waals surface area contributed by atoms with Crippen LogP contribution in [0.25, 0.3) is 10.9 Å². The van der Waals surface area contributed by atoms with Crippen molar-refractivity contribution >= 4 is 16.8 Å². The number of H-pyrrole nitrogens is 1. The minimum absolute atomic E-state index is 0.0358. The van der Waals surface area contributed by atoms with Crippen LogP contribution in [0, 0.1) is 0 Å². The van der Waals surface area contributed by atoms with Gasteiger partial charge in [-0.1, -0.05) is 37.3 Å². The molecule has 0 aliphatic carbocycles. The third-order valence-corrected chi connectivity index (χ3v) is 6.71. The predicted molar refractivity (Wildman–Crippen MR) is 131 cm³/mol. The highest BCUT2D eigenvalue weighted by atomic mass is 16.7. The summed E-state index contributed by atoms with van der Waals surface area (Å²) in [7, 11) is 0. The van der Waals surface area contributed by atoms with Gasteiger partial charge in [-0.3, -0.25) is 4.79 Å². The third kappa shape index (κ3) is 4.03. The van der Waals surface area contributed by atoms with Gasteiger partial charge in [-0.15, -0.1) is 0 Å². The minimum atomic E-state index is -0.151. The van der Waals surface area contributed by atoms with Gasteiger partial charge in [0.2, 0.25) is 19.5 Å². The first-order valence-electron chi connectivity index (χ1n) is 11.8. The molecule has 1 amide bonds. The van der Waals surface area contributed by atoms with E-state index < -0.39 is 0 Å². The van der Waals surface area contributed by atoms with E-state index >= 15 is 0 Å². The Morgan fingerprint density at radius 3 is 2.49 bits per heavy atom. The van der Waals surface area contributed by atoms with Gasteiger partial charge < -0.3 is 29.2 Å². The van der Waals surface area contributed by atoms with Gasteiger partial charge in [0, 0.05) is 36.0 Å². The van der Waals surface area contributed by atoms with E-state index in [1.165, 1.54) is 5.56 Å². The van der Waals surface area contributed by atoms with Gasteiger partial charge in [0.25, 0.3) is 0 Å². The van der Waals surface area contributed by atoms with Crippen molar-refractivity contribution in [3.63, 3.8) is 0 Å². The molecule has 35 heavy (non-hydrogen) atoms. The van der Waals surface area contributed by atoms with Crippen LogP contribution in [0.4, 0.5) is 0 Å². The summed E-state index contributed by atoms with van der Waals surface area (Å²) in [5.41, 5.74) is 5.44. The number of amides is 1. The van der Waals surface area contributed by atoms with Crippen LogP contribution in [0.1, 0.15) is 41.5 Å². The van der Waals surface area contributed by atoms with E-state index in [1.54, 1.807) is 0 Å². The Morgan fingerprint density at radius 1 is 0.943 bits per heavy atom. The smallest absolute Gasteiger partial charge is 0.231 e. The molecule has 0 spiro atoms. The molecule has 178 valence electrons. The van der Waals surface area contributed by atoms with Crippen LogP contribution >= 0.6 is 0 Å². The number of fused-ring (bicyclic) bond motifs is 3. The number of carbonyl (C=O) groups is 1. The molecule has 7 heteroatoms. The zero-order valence-electron chi connectivity index (χ0n) is 19.4. The number of aromatic nitrogens is 1. The normalized spacial score (nSPS) is 14.3. The highest BCUT2D eigenvalue weighted by Crippen LogP contribution is 2.40. The van der Waals surface area contributed by atoms with Gasteiger partial charge in [-0.05, 0) is 52.9 Å². The summed E-state index contributed by atoms with van der Waals surface area (Å²) in [6.45, 7) is 3.00. The second-order valence-electron chi connectivity index (χ2n) is 8.77. The molecule has 2 N–H and O–H groups in total. The van der Waals surface area contributed by atoms with Crippen molar-refractivity contribution in [2.24, 2.45) is 0 Å². The molecule has 1 atom stereocenters. The molecule has 0 saturated heterocycles. The lowest BCUT2D eigenvalue weighted by molar-refractivity contribution is -0.121. The highest BCUT2D eigenvalue weighted by molar-refractivity contribution is 5.88. The van der Waals surface area contributed by atoms with Crippen molar-refractivity contribution in [3.8, 4) is 23.0 Å². The average Bonchev–Trinajstić information content (AvgIpc) is 3.64. The number of hydrogen-bond acceptors (Lipinski definition) is 5. The summed E-state index contributed by atoms with van der Waals surface area (Å²) in [6.07, 6.45) is 3.26. The number of aryl methyl sites for hydroxylation is 1. The van der Waals surface area contributed by atoms with Crippen molar-refractivity contribution < 1.29 is 23.7 Å². The molecule has 3 aromatic carbocycles. The summed E-state index contributed by atoms with van der Waals surface area (Å²) < 4.78 is 21.9. The van der Waals surface area contributed by atoms with Crippen LogP contribution in [0.2, 0.25) is 0 Å². The fourth-order valence-electron chi connectivity index (χ4n) is 4.87. The molecule has 0 fully saturated rings. The molecule has 1 unspecified atom stereocenters. The number of rotatable bonds is 7. The van der Waals surface area contributed by atoms with E-state index in [4.69, 9.17) is 18.9 Å². The molecule has 6 rings (SSSR count). The average molecular weight is 471 g/mol. The number of carbonyl (C=O) groups excluding carboxylic acids is 1. The van der Waals surface area contributed by atoms with E-state index in [-0.39, 0.29) is 25.4 Å². The van der Waals surface area contributed by atoms with Crippen LogP contribution in [-0.2, 0) is 17.8 Å². The van der Waals surface area contributed by atoms with Crippen LogP contribution in [0.15, 0.2) is 60.8 Å². The van der Waals surface area contributed by atoms with Gasteiger partial charge in [0.1, 0.15) is 0 Å². The Balaban J connectivity index is 1.28. The maximum atomic E-state index is 13.2. The van der Waals surface area contributed by atoms with Crippen LogP contribution in [0.5, 0.6) is 23.0 Å². The van der Waals surface area contributed by atoms with Gasteiger partial charge in [-0.2, -0.15) is 0 Å². The molecule has 1 aromatic heterocycles. The molecule has 2 aliphatic rings. The standard InChI is InChI=1S/C28H26N2O5/c1-2-18-4-3-5-20-22(14-30-28(18)20)21(19-7-9-24-26(11-19)35-16-33-24)12-27(31)29-13-17-6-8-23-25(10-17)34-15-32-23/h3-11,14,21,30H,2,12-13,15-16H2,1H3,(H,29,31). The fourth-order valence-corrected chi connectivity index (χ4v) is 4.87. The Bertz CT molecular complexity index is 1410. The summed E-state index contributed by atoms with van der Waals surface area (Å²) in [5, 5.41) is 4.21. The maximum Gasteiger partial charge on any atom is 0.231 e. The van der Waals surface area contributed by atoms with Gasteiger partial charge in [0.15, 0.2) is 23.0 Å². The molecule has 3 heterocycles. The summed E-state index contributed by atoms with van der Waals surface area (Å²) in [4.78, 5) is 16.6. The molecule has 0 radical (unpaired) electrons. The second kappa shape index (κ2) is 8.91. The molecule has 0 bridgehead atoms. The number of benzene rings is 3. The van der Waals surface area contributed by atoms with E-state index in [2.05, 4.69) is 35.4 Å². The lowest BCUT2D eigenvalue weighted by atomic mass is 9.87. The number of nitrogens with one attached hydrogen (secondary N) is 2. The Labute approximate surface area is 203 Å². The summed E-state index contributed by atoms with van der Waals surface area (Å²) >= 11 is 0. The number of aromatic amines is 1. The van der Waals surface area contributed by atoms with Crippen molar-refractivity contribution in [2.75, 3.05) is 13.6 Å². The van der Waals surface area contributed by atoms with Crippen LogP contribution < -0.4 is 24.3 Å². The monoisotopic (exact) mass is 470 g/mol. The van der Waals surface area contributed by atoms with E-state index in [9.17, 15) is 4.79 Å². The summed E-state index contributed by atoms with van der Waals surface area (Å²) in [6, 6.07) is 18.0. The largest absolute Gasteiger partial charge is 0.454 e. The van der Waals surface area contributed by atoms with Crippen LogP contribution in [0.3, 0.4) is 0 Å². The topological polar surface area (TPSA) is 81.8 Å². The highest BCUT2D eigenvalue weighted by Gasteiger charge is 2.25.